The lowest BCUT2D eigenvalue weighted by atomic mass is 10.2. The quantitative estimate of drug-likeness (QED) is 0.842. The summed E-state index contributed by atoms with van der Waals surface area (Å²) in [6.07, 6.45) is 3.29. The third-order valence-electron chi connectivity index (χ3n) is 2.50. The number of carbonyl (C=O) groups excluding carboxylic acids is 1. The minimum atomic E-state index is -0.166. The number of halogens is 2. The first-order valence-corrected chi connectivity index (χ1v) is 6.40. The average Bonchev–Trinajstić information content (AvgIpc) is 2.38. The fourth-order valence-electron chi connectivity index (χ4n) is 1.51. The summed E-state index contributed by atoms with van der Waals surface area (Å²) in [6, 6.07) is 8.78. The molecule has 3 nitrogen and oxygen atoms in total. The standard InChI is InChI=1S/C13H10BrClN2O/c1-17(10-3-2-6-16-8-10)13(18)11-5-4-9(14)7-12(11)15/h2-8H,1H3. The van der Waals surface area contributed by atoms with Gasteiger partial charge in [0.05, 0.1) is 22.5 Å². The predicted octanol–water partition coefficient (Wildman–Crippen LogP) is 3.77. The second kappa shape index (κ2) is 5.50. The summed E-state index contributed by atoms with van der Waals surface area (Å²) in [5, 5.41) is 0.421. The number of carbonyl (C=O) groups is 1. The van der Waals surface area contributed by atoms with Crippen molar-refractivity contribution in [2.45, 2.75) is 0 Å². The number of benzene rings is 1. The van der Waals surface area contributed by atoms with E-state index in [9.17, 15) is 4.79 Å². The maximum absolute atomic E-state index is 12.3. The van der Waals surface area contributed by atoms with E-state index in [1.165, 1.54) is 4.90 Å². The molecule has 2 aromatic rings. The molecule has 0 atom stereocenters. The Kier molecular flexibility index (Phi) is 3.99. The molecule has 0 saturated heterocycles. The van der Waals surface area contributed by atoms with Gasteiger partial charge in [-0.05, 0) is 30.3 Å². The third kappa shape index (κ3) is 2.71. The van der Waals surface area contributed by atoms with E-state index in [-0.39, 0.29) is 5.91 Å². The maximum Gasteiger partial charge on any atom is 0.259 e. The van der Waals surface area contributed by atoms with Crippen molar-refractivity contribution in [3.05, 3.63) is 57.8 Å². The molecular formula is C13H10BrClN2O. The van der Waals surface area contributed by atoms with E-state index in [1.54, 1.807) is 43.7 Å². The Hall–Kier alpha value is -1.39. The molecule has 1 aromatic heterocycles. The summed E-state index contributed by atoms with van der Waals surface area (Å²) in [5.74, 6) is -0.166. The highest BCUT2D eigenvalue weighted by atomic mass is 79.9. The molecule has 0 spiro atoms. The van der Waals surface area contributed by atoms with Gasteiger partial charge in [0.2, 0.25) is 0 Å². The van der Waals surface area contributed by atoms with Crippen LogP contribution in [0, 0.1) is 0 Å². The van der Waals surface area contributed by atoms with Gasteiger partial charge in [-0.15, -0.1) is 0 Å². The minimum Gasteiger partial charge on any atom is -0.310 e. The van der Waals surface area contributed by atoms with Crippen molar-refractivity contribution in [1.82, 2.24) is 4.98 Å². The van der Waals surface area contributed by atoms with Crippen LogP contribution in [-0.2, 0) is 0 Å². The number of anilines is 1. The first-order valence-electron chi connectivity index (χ1n) is 5.22. The molecule has 5 heteroatoms. The molecule has 0 aliphatic carbocycles. The van der Waals surface area contributed by atoms with Gasteiger partial charge in [0.1, 0.15) is 0 Å². The van der Waals surface area contributed by atoms with E-state index in [1.807, 2.05) is 6.07 Å². The zero-order chi connectivity index (χ0) is 13.1. The molecular weight excluding hydrogens is 316 g/mol. The van der Waals surface area contributed by atoms with Gasteiger partial charge in [-0.3, -0.25) is 9.78 Å². The van der Waals surface area contributed by atoms with Crippen LogP contribution >= 0.6 is 27.5 Å². The first-order chi connectivity index (χ1) is 8.59. The molecule has 0 N–H and O–H groups in total. The van der Waals surface area contributed by atoms with Crippen molar-refractivity contribution in [3.63, 3.8) is 0 Å². The average molecular weight is 326 g/mol. The highest BCUT2D eigenvalue weighted by Gasteiger charge is 2.16. The Morgan fingerprint density at radius 2 is 2.17 bits per heavy atom. The Balaban J connectivity index is 2.32. The van der Waals surface area contributed by atoms with Gasteiger partial charge in [0, 0.05) is 17.7 Å². The van der Waals surface area contributed by atoms with Crippen molar-refractivity contribution < 1.29 is 4.79 Å². The van der Waals surface area contributed by atoms with Crippen molar-refractivity contribution in [1.29, 1.82) is 0 Å². The van der Waals surface area contributed by atoms with Gasteiger partial charge in [0.25, 0.3) is 5.91 Å². The van der Waals surface area contributed by atoms with Gasteiger partial charge < -0.3 is 4.90 Å². The molecule has 2 rings (SSSR count). The highest BCUT2D eigenvalue weighted by Crippen LogP contribution is 2.23. The minimum absolute atomic E-state index is 0.166. The number of pyridine rings is 1. The molecule has 0 fully saturated rings. The predicted molar refractivity (Wildman–Crippen MR) is 76.1 cm³/mol. The number of hydrogen-bond acceptors (Lipinski definition) is 2. The summed E-state index contributed by atoms with van der Waals surface area (Å²) in [7, 11) is 1.69. The number of rotatable bonds is 2. The van der Waals surface area contributed by atoms with Crippen LogP contribution in [0.2, 0.25) is 5.02 Å². The molecule has 0 aliphatic heterocycles. The Morgan fingerprint density at radius 3 is 2.78 bits per heavy atom. The zero-order valence-corrected chi connectivity index (χ0v) is 11.9. The normalized spacial score (nSPS) is 10.2. The van der Waals surface area contributed by atoms with E-state index < -0.39 is 0 Å². The lowest BCUT2D eigenvalue weighted by Crippen LogP contribution is -2.26. The number of amides is 1. The molecule has 0 unspecified atom stereocenters. The van der Waals surface area contributed by atoms with Crippen LogP contribution in [0.25, 0.3) is 0 Å². The first kappa shape index (κ1) is 13.1. The van der Waals surface area contributed by atoms with Crippen LogP contribution in [0.4, 0.5) is 5.69 Å². The van der Waals surface area contributed by atoms with Gasteiger partial charge >= 0.3 is 0 Å². The fraction of sp³-hybridized carbons (Fsp3) is 0.0769. The smallest absolute Gasteiger partial charge is 0.259 e. The van der Waals surface area contributed by atoms with Crippen LogP contribution in [0.1, 0.15) is 10.4 Å². The summed E-state index contributed by atoms with van der Waals surface area (Å²) in [6.45, 7) is 0. The Labute approximate surface area is 119 Å². The summed E-state index contributed by atoms with van der Waals surface area (Å²) >= 11 is 9.37. The highest BCUT2D eigenvalue weighted by molar-refractivity contribution is 9.10. The Morgan fingerprint density at radius 1 is 1.39 bits per heavy atom. The monoisotopic (exact) mass is 324 g/mol. The summed E-state index contributed by atoms with van der Waals surface area (Å²) in [4.78, 5) is 17.8. The van der Waals surface area contributed by atoms with Crippen LogP contribution < -0.4 is 4.90 Å². The molecule has 1 aromatic carbocycles. The van der Waals surface area contributed by atoms with E-state index >= 15 is 0 Å². The molecule has 0 aliphatic rings. The van der Waals surface area contributed by atoms with E-state index in [0.717, 1.165) is 10.2 Å². The molecule has 0 radical (unpaired) electrons. The SMILES string of the molecule is CN(C(=O)c1ccc(Br)cc1Cl)c1cccnc1. The molecule has 0 saturated carbocycles. The number of nitrogens with zero attached hydrogens (tertiary/aromatic N) is 2. The van der Waals surface area contributed by atoms with Crippen molar-refractivity contribution in [3.8, 4) is 0 Å². The van der Waals surface area contributed by atoms with Crippen LogP contribution in [0.15, 0.2) is 47.2 Å². The lowest BCUT2D eigenvalue weighted by molar-refractivity contribution is 0.0993. The summed E-state index contributed by atoms with van der Waals surface area (Å²) in [5.41, 5.74) is 1.19. The topological polar surface area (TPSA) is 33.2 Å². The van der Waals surface area contributed by atoms with E-state index in [2.05, 4.69) is 20.9 Å². The molecule has 0 bridgehead atoms. The second-order valence-electron chi connectivity index (χ2n) is 3.70. The third-order valence-corrected chi connectivity index (χ3v) is 3.31. The van der Waals surface area contributed by atoms with Crippen molar-refractivity contribution in [2.75, 3.05) is 11.9 Å². The summed E-state index contributed by atoms with van der Waals surface area (Å²) < 4.78 is 0.841. The zero-order valence-electron chi connectivity index (χ0n) is 9.60. The van der Waals surface area contributed by atoms with E-state index in [4.69, 9.17) is 11.6 Å². The van der Waals surface area contributed by atoms with Crippen molar-refractivity contribution in [2.24, 2.45) is 0 Å². The second-order valence-corrected chi connectivity index (χ2v) is 5.02. The van der Waals surface area contributed by atoms with Crippen LogP contribution in [0.3, 0.4) is 0 Å². The van der Waals surface area contributed by atoms with Crippen LogP contribution in [-0.4, -0.2) is 17.9 Å². The fourth-order valence-corrected chi connectivity index (χ4v) is 2.27. The van der Waals surface area contributed by atoms with E-state index in [0.29, 0.717) is 10.6 Å². The van der Waals surface area contributed by atoms with Gasteiger partial charge in [-0.2, -0.15) is 0 Å². The molecule has 92 valence electrons. The number of aromatic nitrogens is 1. The Bertz CT molecular complexity index is 574. The molecule has 1 heterocycles. The van der Waals surface area contributed by atoms with Gasteiger partial charge in [-0.1, -0.05) is 27.5 Å². The largest absolute Gasteiger partial charge is 0.310 e. The van der Waals surface area contributed by atoms with Gasteiger partial charge in [0.15, 0.2) is 0 Å². The molecule has 1 amide bonds. The molecule has 18 heavy (non-hydrogen) atoms. The van der Waals surface area contributed by atoms with Gasteiger partial charge in [-0.25, -0.2) is 0 Å². The van der Waals surface area contributed by atoms with Crippen LogP contribution in [0.5, 0.6) is 0 Å². The lowest BCUT2D eigenvalue weighted by Gasteiger charge is -2.17. The maximum atomic E-state index is 12.3. The number of hydrogen-bond donors (Lipinski definition) is 0. The van der Waals surface area contributed by atoms with Crippen molar-refractivity contribution >= 4 is 39.1 Å².